The molecule has 0 saturated heterocycles. The van der Waals surface area contributed by atoms with Crippen molar-refractivity contribution in [3.05, 3.63) is 12.3 Å². The quantitative estimate of drug-likeness (QED) is 0.778. The van der Waals surface area contributed by atoms with E-state index in [9.17, 15) is 4.79 Å². The maximum absolute atomic E-state index is 11.7. The van der Waals surface area contributed by atoms with Crippen LogP contribution in [-0.2, 0) is 9.47 Å². The maximum Gasteiger partial charge on any atom is 0.410 e. The van der Waals surface area contributed by atoms with Crippen LogP contribution in [0.25, 0.3) is 0 Å². The summed E-state index contributed by atoms with van der Waals surface area (Å²) in [5.41, 5.74) is -0.443. The summed E-state index contributed by atoms with van der Waals surface area (Å²) in [6, 6.07) is 0. The largest absolute Gasteiger partial charge is 0.497 e. The van der Waals surface area contributed by atoms with Crippen molar-refractivity contribution in [3.8, 4) is 0 Å². The average molecular weight is 270 g/mol. The van der Waals surface area contributed by atoms with Crippen molar-refractivity contribution in [3.63, 3.8) is 0 Å². The Kier molecular flexibility index (Phi) is 6.15. The van der Waals surface area contributed by atoms with Gasteiger partial charge in [-0.3, -0.25) is 0 Å². The van der Waals surface area contributed by atoms with Crippen LogP contribution in [0.3, 0.4) is 0 Å². The second-order valence-electron chi connectivity index (χ2n) is 5.81. The Balaban J connectivity index is 2.11. The van der Waals surface area contributed by atoms with E-state index in [2.05, 4.69) is 5.32 Å². The zero-order valence-electron chi connectivity index (χ0n) is 12.4. The highest BCUT2D eigenvalue weighted by atomic mass is 16.6. The van der Waals surface area contributed by atoms with E-state index in [1.165, 1.54) is 0 Å². The molecule has 19 heavy (non-hydrogen) atoms. The van der Waals surface area contributed by atoms with E-state index in [1.807, 2.05) is 26.8 Å². The van der Waals surface area contributed by atoms with Crippen LogP contribution in [0.2, 0.25) is 0 Å². The van der Waals surface area contributed by atoms with Gasteiger partial charge in [0.1, 0.15) is 11.7 Å². The molecule has 1 aliphatic heterocycles. The Morgan fingerprint density at radius 3 is 2.84 bits per heavy atom. The lowest BCUT2D eigenvalue weighted by atomic mass is 10.1. The van der Waals surface area contributed by atoms with Gasteiger partial charge in [0.05, 0.1) is 6.26 Å². The van der Waals surface area contributed by atoms with Crippen molar-refractivity contribution in [1.82, 2.24) is 10.2 Å². The summed E-state index contributed by atoms with van der Waals surface area (Å²) in [5, 5.41) is 3.30. The molecule has 1 heterocycles. The molecule has 110 valence electrons. The molecule has 0 fully saturated rings. The zero-order valence-corrected chi connectivity index (χ0v) is 12.4. The fourth-order valence-corrected chi connectivity index (χ4v) is 1.68. The predicted molar refractivity (Wildman–Crippen MR) is 75.0 cm³/mol. The smallest absolute Gasteiger partial charge is 0.410 e. The number of carbonyl (C=O) groups excluding carboxylic acids is 1. The van der Waals surface area contributed by atoms with Gasteiger partial charge in [-0.25, -0.2) is 4.79 Å². The fourth-order valence-electron chi connectivity index (χ4n) is 1.68. The third-order valence-electron chi connectivity index (χ3n) is 2.72. The van der Waals surface area contributed by atoms with Gasteiger partial charge in [-0.2, -0.15) is 0 Å². The lowest BCUT2D eigenvalue weighted by Crippen LogP contribution is -2.39. The zero-order chi connectivity index (χ0) is 14.3. The van der Waals surface area contributed by atoms with Crippen LogP contribution in [-0.4, -0.2) is 49.4 Å². The van der Waals surface area contributed by atoms with Crippen molar-refractivity contribution >= 4 is 6.09 Å². The van der Waals surface area contributed by atoms with Crippen LogP contribution < -0.4 is 5.32 Å². The number of rotatable bonds is 5. The molecule has 5 nitrogen and oxygen atoms in total. The number of likely N-dealkylation sites (N-methyl/N-ethyl adjacent to an activating group) is 1. The van der Waals surface area contributed by atoms with Crippen LogP contribution in [0.1, 0.15) is 33.6 Å². The Morgan fingerprint density at radius 1 is 1.53 bits per heavy atom. The standard InChI is InChI=1S/C14H26N2O3/c1-14(2,3)19-13(17)16(4)9-8-15-11-12-7-5-6-10-18-12/h6,10,12,15H,5,7-9,11H2,1-4H3. The van der Waals surface area contributed by atoms with Crippen molar-refractivity contribution in [2.24, 2.45) is 0 Å². The molecule has 0 aromatic rings. The number of ether oxygens (including phenoxy) is 2. The van der Waals surface area contributed by atoms with Gasteiger partial charge in [0.25, 0.3) is 0 Å². The minimum Gasteiger partial charge on any atom is -0.497 e. The molecule has 0 saturated carbocycles. The second kappa shape index (κ2) is 7.38. The van der Waals surface area contributed by atoms with Crippen LogP contribution in [0.5, 0.6) is 0 Å². The predicted octanol–water partition coefficient (Wildman–Crippen LogP) is 2.14. The Morgan fingerprint density at radius 2 is 2.26 bits per heavy atom. The topological polar surface area (TPSA) is 50.8 Å². The van der Waals surface area contributed by atoms with E-state index >= 15 is 0 Å². The minimum atomic E-state index is -0.443. The van der Waals surface area contributed by atoms with Gasteiger partial charge in [0.15, 0.2) is 0 Å². The first-order chi connectivity index (χ1) is 8.88. The third kappa shape index (κ3) is 7.06. The molecule has 0 spiro atoms. The van der Waals surface area contributed by atoms with Gasteiger partial charge in [-0.15, -0.1) is 0 Å². The van der Waals surface area contributed by atoms with Crippen LogP contribution in [0.15, 0.2) is 12.3 Å². The summed E-state index contributed by atoms with van der Waals surface area (Å²) in [5.74, 6) is 0. The lowest BCUT2D eigenvalue weighted by molar-refractivity contribution is 0.0299. The number of carbonyl (C=O) groups is 1. The van der Waals surface area contributed by atoms with Crippen LogP contribution in [0.4, 0.5) is 4.79 Å². The van der Waals surface area contributed by atoms with Crippen LogP contribution >= 0.6 is 0 Å². The van der Waals surface area contributed by atoms with E-state index < -0.39 is 5.60 Å². The molecule has 1 aliphatic rings. The summed E-state index contributed by atoms with van der Waals surface area (Å²) in [6.07, 6.45) is 5.88. The molecule has 1 N–H and O–H groups in total. The number of nitrogens with one attached hydrogen (secondary N) is 1. The minimum absolute atomic E-state index is 0.247. The van der Waals surface area contributed by atoms with E-state index in [1.54, 1.807) is 18.2 Å². The summed E-state index contributed by atoms with van der Waals surface area (Å²) >= 11 is 0. The Labute approximate surface area is 115 Å². The molecular weight excluding hydrogens is 244 g/mol. The SMILES string of the molecule is CN(CCNCC1CCC=CO1)C(=O)OC(C)(C)C. The number of allylic oxidation sites excluding steroid dienone is 1. The Bertz CT molecular complexity index is 310. The summed E-state index contributed by atoms with van der Waals surface area (Å²) in [6.45, 7) is 7.77. The van der Waals surface area contributed by atoms with Gasteiger partial charge >= 0.3 is 6.09 Å². The molecule has 5 heteroatoms. The second-order valence-corrected chi connectivity index (χ2v) is 5.81. The molecule has 0 aromatic carbocycles. The number of hydrogen-bond donors (Lipinski definition) is 1. The number of amides is 1. The first kappa shape index (κ1) is 15.8. The Hall–Kier alpha value is -1.23. The van der Waals surface area contributed by atoms with E-state index in [4.69, 9.17) is 9.47 Å². The van der Waals surface area contributed by atoms with Crippen molar-refractivity contribution < 1.29 is 14.3 Å². The highest BCUT2D eigenvalue weighted by Gasteiger charge is 2.19. The highest BCUT2D eigenvalue weighted by Crippen LogP contribution is 2.09. The fraction of sp³-hybridized carbons (Fsp3) is 0.786. The number of nitrogens with zero attached hydrogens (tertiary/aromatic N) is 1. The molecule has 0 aliphatic carbocycles. The molecule has 0 bridgehead atoms. The third-order valence-corrected chi connectivity index (χ3v) is 2.72. The van der Waals surface area contributed by atoms with E-state index in [0.29, 0.717) is 6.54 Å². The van der Waals surface area contributed by atoms with Gasteiger partial charge in [-0.1, -0.05) is 0 Å². The monoisotopic (exact) mass is 270 g/mol. The lowest BCUT2D eigenvalue weighted by Gasteiger charge is -2.25. The van der Waals surface area contributed by atoms with Gasteiger partial charge in [0.2, 0.25) is 0 Å². The van der Waals surface area contributed by atoms with Crippen molar-refractivity contribution in [2.45, 2.75) is 45.3 Å². The van der Waals surface area contributed by atoms with Gasteiger partial charge in [-0.05, 0) is 39.7 Å². The number of hydrogen-bond acceptors (Lipinski definition) is 4. The molecule has 0 radical (unpaired) electrons. The van der Waals surface area contributed by atoms with Crippen molar-refractivity contribution in [2.75, 3.05) is 26.7 Å². The molecule has 1 amide bonds. The van der Waals surface area contributed by atoms with Gasteiger partial charge < -0.3 is 19.7 Å². The van der Waals surface area contributed by atoms with Crippen LogP contribution in [0, 0.1) is 0 Å². The highest BCUT2D eigenvalue weighted by molar-refractivity contribution is 5.67. The summed E-state index contributed by atoms with van der Waals surface area (Å²) in [7, 11) is 1.75. The first-order valence-electron chi connectivity index (χ1n) is 6.84. The molecule has 0 aromatic heterocycles. The molecule has 1 rings (SSSR count). The summed E-state index contributed by atoms with van der Waals surface area (Å²) in [4.78, 5) is 13.3. The average Bonchev–Trinajstić information content (AvgIpc) is 2.33. The summed E-state index contributed by atoms with van der Waals surface area (Å²) < 4.78 is 10.7. The first-order valence-corrected chi connectivity index (χ1v) is 6.84. The van der Waals surface area contributed by atoms with Gasteiger partial charge in [0, 0.05) is 26.7 Å². The van der Waals surface area contributed by atoms with Crippen molar-refractivity contribution in [1.29, 1.82) is 0 Å². The molecule has 1 atom stereocenters. The molecule has 1 unspecified atom stereocenters. The molecular formula is C14H26N2O3. The van der Waals surface area contributed by atoms with E-state index in [-0.39, 0.29) is 12.2 Å². The van der Waals surface area contributed by atoms with E-state index in [0.717, 1.165) is 25.9 Å². The maximum atomic E-state index is 11.7. The normalized spacial score (nSPS) is 18.8.